The van der Waals surface area contributed by atoms with Crippen LogP contribution in [0.3, 0.4) is 0 Å². The fraction of sp³-hybridized carbons (Fsp3) is 0.652. The summed E-state index contributed by atoms with van der Waals surface area (Å²) in [5.74, 6) is 0.241. The maximum Gasteiger partial charge on any atom is 0.242 e. The lowest BCUT2D eigenvalue weighted by Crippen LogP contribution is -2.60. The van der Waals surface area contributed by atoms with E-state index < -0.39 is 0 Å². The topological polar surface area (TPSA) is 52.7 Å². The molecule has 2 amide bonds. The predicted molar refractivity (Wildman–Crippen MR) is 112 cm³/mol. The molecule has 5 nitrogen and oxygen atoms in total. The number of amides is 2. The Morgan fingerprint density at radius 3 is 2.32 bits per heavy atom. The number of hydrogen-bond acceptors (Lipinski definition) is 3. The van der Waals surface area contributed by atoms with Crippen LogP contribution in [0.1, 0.15) is 57.9 Å². The van der Waals surface area contributed by atoms with Crippen LogP contribution < -0.4 is 5.32 Å². The first-order chi connectivity index (χ1) is 13.6. The molecule has 1 aromatic carbocycles. The molecule has 1 aromatic rings. The second-order valence-corrected chi connectivity index (χ2v) is 8.28. The molecule has 28 heavy (non-hydrogen) atoms. The molecule has 3 rings (SSSR count). The van der Waals surface area contributed by atoms with Gasteiger partial charge in [0.15, 0.2) is 0 Å². The molecule has 0 unspecified atom stereocenters. The van der Waals surface area contributed by atoms with E-state index in [9.17, 15) is 9.59 Å². The first kappa shape index (κ1) is 20.8. The summed E-state index contributed by atoms with van der Waals surface area (Å²) < 4.78 is 0. The van der Waals surface area contributed by atoms with Crippen LogP contribution in [0.15, 0.2) is 30.3 Å². The Kier molecular flexibility index (Phi) is 7.49. The number of nitrogens with zero attached hydrogens (tertiary/aromatic N) is 2. The third-order valence-corrected chi connectivity index (χ3v) is 6.44. The largest absolute Gasteiger partial charge is 0.347 e. The maximum atomic E-state index is 12.9. The molecule has 0 radical (unpaired) electrons. The molecule has 2 atom stereocenters. The average Bonchev–Trinajstić information content (AvgIpc) is 3.27. The molecule has 2 aliphatic rings. The van der Waals surface area contributed by atoms with Gasteiger partial charge >= 0.3 is 0 Å². The number of carbonyl (C=O) groups is 2. The summed E-state index contributed by atoms with van der Waals surface area (Å²) in [6, 6.07) is 11.1. The highest BCUT2D eigenvalue weighted by molar-refractivity contribution is 5.86. The van der Waals surface area contributed by atoms with Gasteiger partial charge in [0, 0.05) is 37.6 Å². The van der Waals surface area contributed by atoms with Crippen molar-refractivity contribution in [2.24, 2.45) is 5.92 Å². The maximum absolute atomic E-state index is 12.9. The summed E-state index contributed by atoms with van der Waals surface area (Å²) in [5.41, 5.74) is 1.32. The predicted octanol–water partition coefficient (Wildman–Crippen LogP) is 3.19. The van der Waals surface area contributed by atoms with E-state index in [-0.39, 0.29) is 30.3 Å². The second kappa shape index (κ2) is 10.1. The molecule has 0 bridgehead atoms. The van der Waals surface area contributed by atoms with Crippen molar-refractivity contribution in [3.8, 4) is 0 Å². The van der Waals surface area contributed by atoms with Gasteiger partial charge in [-0.05, 0) is 31.2 Å². The highest BCUT2D eigenvalue weighted by Crippen LogP contribution is 2.25. The van der Waals surface area contributed by atoms with Crippen molar-refractivity contribution in [2.45, 2.75) is 71.0 Å². The number of hydrogen-bond donors (Lipinski definition) is 1. The summed E-state index contributed by atoms with van der Waals surface area (Å²) in [6.45, 7) is 7.05. The smallest absolute Gasteiger partial charge is 0.242 e. The molecule has 1 saturated heterocycles. The third kappa shape index (κ3) is 5.13. The molecule has 2 fully saturated rings. The van der Waals surface area contributed by atoms with Gasteiger partial charge in [-0.1, -0.05) is 57.0 Å². The Labute approximate surface area is 169 Å². The van der Waals surface area contributed by atoms with Crippen molar-refractivity contribution in [3.05, 3.63) is 35.9 Å². The zero-order valence-electron chi connectivity index (χ0n) is 17.4. The van der Waals surface area contributed by atoms with Gasteiger partial charge in [0.25, 0.3) is 0 Å². The minimum Gasteiger partial charge on any atom is -0.347 e. The number of carbonyl (C=O) groups excluding carboxylic acids is 2. The lowest BCUT2D eigenvalue weighted by Gasteiger charge is -2.46. The van der Waals surface area contributed by atoms with Crippen LogP contribution in [-0.4, -0.2) is 53.3 Å². The van der Waals surface area contributed by atoms with Gasteiger partial charge in [0.1, 0.15) is 0 Å². The van der Waals surface area contributed by atoms with Crippen molar-refractivity contribution >= 4 is 11.8 Å². The van der Waals surface area contributed by atoms with Crippen LogP contribution in [0.25, 0.3) is 0 Å². The zero-order chi connectivity index (χ0) is 19.9. The van der Waals surface area contributed by atoms with Crippen LogP contribution in [0, 0.1) is 5.92 Å². The minimum absolute atomic E-state index is 0.0636. The van der Waals surface area contributed by atoms with Gasteiger partial charge in [-0.15, -0.1) is 0 Å². The van der Waals surface area contributed by atoms with Gasteiger partial charge in [-0.2, -0.15) is 0 Å². The minimum atomic E-state index is 0.0636. The highest BCUT2D eigenvalue weighted by atomic mass is 16.2. The number of piperazine rings is 1. The summed E-state index contributed by atoms with van der Waals surface area (Å²) in [5, 5.41) is 2.91. The van der Waals surface area contributed by atoms with E-state index in [0.717, 1.165) is 58.2 Å². The average molecular weight is 386 g/mol. The Morgan fingerprint density at radius 1 is 1.00 bits per heavy atom. The van der Waals surface area contributed by atoms with Crippen molar-refractivity contribution in [3.63, 3.8) is 0 Å². The van der Waals surface area contributed by atoms with E-state index in [1.807, 2.05) is 11.0 Å². The molecule has 0 spiro atoms. The SMILES string of the molecule is CC[C@@H]1CN(C(=O)CNC(=O)C2CCCC2)[C@H](CC)CN1Cc1ccccc1. The van der Waals surface area contributed by atoms with Crippen LogP contribution in [0.2, 0.25) is 0 Å². The van der Waals surface area contributed by atoms with Gasteiger partial charge in [0.2, 0.25) is 11.8 Å². The van der Waals surface area contributed by atoms with Crippen molar-refractivity contribution in [1.29, 1.82) is 0 Å². The van der Waals surface area contributed by atoms with Gasteiger partial charge in [-0.25, -0.2) is 0 Å². The molecule has 1 saturated carbocycles. The molecule has 5 heteroatoms. The lowest BCUT2D eigenvalue weighted by atomic mass is 10.0. The number of benzene rings is 1. The van der Waals surface area contributed by atoms with Crippen LogP contribution in [-0.2, 0) is 16.1 Å². The van der Waals surface area contributed by atoms with E-state index in [0.29, 0.717) is 6.04 Å². The van der Waals surface area contributed by atoms with Gasteiger partial charge in [0.05, 0.1) is 6.54 Å². The molecular formula is C23H35N3O2. The molecule has 1 aliphatic heterocycles. The van der Waals surface area contributed by atoms with Crippen LogP contribution in [0.4, 0.5) is 0 Å². The Balaban J connectivity index is 1.58. The molecule has 154 valence electrons. The number of nitrogens with one attached hydrogen (secondary N) is 1. The van der Waals surface area contributed by atoms with E-state index >= 15 is 0 Å². The second-order valence-electron chi connectivity index (χ2n) is 8.28. The standard InChI is InChI=1S/C23H35N3O2/c1-3-20-17-26(22(27)14-24-23(28)19-12-8-9-13-19)21(4-2)16-25(20)15-18-10-6-5-7-11-18/h5-7,10-11,19-21H,3-4,8-9,12-17H2,1-2H3,(H,24,28)/t20-,21-/m1/s1. The third-order valence-electron chi connectivity index (χ3n) is 6.44. The van der Waals surface area contributed by atoms with E-state index in [2.05, 4.69) is 48.3 Å². The van der Waals surface area contributed by atoms with Crippen molar-refractivity contribution in [2.75, 3.05) is 19.6 Å². The molecular weight excluding hydrogens is 350 g/mol. The monoisotopic (exact) mass is 385 g/mol. The van der Waals surface area contributed by atoms with Crippen LogP contribution in [0.5, 0.6) is 0 Å². The first-order valence-corrected chi connectivity index (χ1v) is 11.0. The quantitative estimate of drug-likeness (QED) is 0.784. The fourth-order valence-corrected chi connectivity index (χ4v) is 4.66. The Hall–Kier alpha value is -1.88. The summed E-state index contributed by atoms with van der Waals surface area (Å²) in [4.78, 5) is 29.7. The lowest BCUT2D eigenvalue weighted by molar-refractivity contribution is -0.139. The van der Waals surface area contributed by atoms with Crippen LogP contribution >= 0.6 is 0 Å². The molecule has 1 aliphatic carbocycles. The van der Waals surface area contributed by atoms with E-state index in [1.165, 1.54) is 5.56 Å². The van der Waals surface area contributed by atoms with Crippen molar-refractivity contribution < 1.29 is 9.59 Å². The van der Waals surface area contributed by atoms with Gasteiger partial charge in [-0.3, -0.25) is 14.5 Å². The first-order valence-electron chi connectivity index (χ1n) is 11.0. The molecule has 0 aromatic heterocycles. The van der Waals surface area contributed by atoms with E-state index in [4.69, 9.17) is 0 Å². The number of rotatable bonds is 7. The normalized spacial score (nSPS) is 23.7. The summed E-state index contributed by atoms with van der Waals surface area (Å²) >= 11 is 0. The zero-order valence-corrected chi connectivity index (χ0v) is 17.4. The Bertz CT molecular complexity index is 643. The fourth-order valence-electron chi connectivity index (χ4n) is 4.66. The van der Waals surface area contributed by atoms with Crippen molar-refractivity contribution in [1.82, 2.24) is 15.1 Å². The Morgan fingerprint density at radius 2 is 1.68 bits per heavy atom. The molecule has 1 heterocycles. The molecule has 1 N–H and O–H groups in total. The van der Waals surface area contributed by atoms with E-state index in [1.54, 1.807) is 0 Å². The summed E-state index contributed by atoms with van der Waals surface area (Å²) in [6.07, 6.45) is 6.14. The highest BCUT2D eigenvalue weighted by Gasteiger charge is 2.34. The summed E-state index contributed by atoms with van der Waals surface area (Å²) in [7, 11) is 0. The van der Waals surface area contributed by atoms with Gasteiger partial charge < -0.3 is 10.2 Å².